The summed E-state index contributed by atoms with van der Waals surface area (Å²) in [4.78, 5) is 7.86. The Morgan fingerprint density at radius 2 is 1.96 bits per heavy atom. The smallest absolute Gasteiger partial charge is 0.123 e. The highest BCUT2D eigenvalue weighted by Crippen LogP contribution is 2.38. The lowest BCUT2D eigenvalue weighted by molar-refractivity contribution is 0.626. The van der Waals surface area contributed by atoms with Crippen LogP contribution in [0.3, 0.4) is 0 Å². The summed E-state index contributed by atoms with van der Waals surface area (Å²) in [6, 6.07) is 14.8. The van der Waals surface area contributed by atoms with E-state index < -0.39 is 0 Å². The number of rotatable bonds is 5. The normalized spacial score (nSPS) is 14.0. The molecule has 4 rings (SSSR count). The standard InChI is InChI=1S/C19H18FN3/c20-16-3-1-2-13(10-16)11-21-17-8-6-14(7-9-17)18-12-22-19(23-18)15-4-5-15/h1-3,6-10,12,15,21H,4-5,11H2,(H,22,23). The van der Waals surface area contributed by atoms with Gasteiger partial charge in [-0.2, -0.15) is 0 Å². The van der Waals surface area contributed by atoms with Crippen LogP contribution < -0.4 is 5.32 Å². The summed E-state index contributed by atoms with van der Waals surface area (Å²) in [5.41, 5.74) is 4.13. The average molecular weight is 307 g/mol. The summed E-state index contributed by atoms with van der Waals surface area (Å²) in [5, 5.41) is 3.31. The van der Waals surface area contributed by atoms with Gasteiger partial charge in [0.25, 0.3) is 0 Å². The highest BCUT2D eigenvalue weighted by atomic mass is 19.1. The first kappa shape index (κ1) is 14.0. The molecule has 1 fully saturated rings. The summed E-state index contributed by atoms with van der Waals surface area (Å²) < 4.78 is 13.2. The molecule has 116 valence electrons. The van der Waals surface area contributed by atoms with Gasteiger partial charge in [-0.25, -0.2) is 9.37 Å². The van der Waals surface area contributed by atoms with Gasteiger partial charge in [-0.1, -0.05) is 24.3 Å². The van der Waals surface area contributed by atoms with E-state index in [9.17, 15) is 4.39 Å². The number of anilines is 1. The lowest BCUT2D eigenvalue weighted by atomic mass is 10.1. The number of hydrogen-bond acceptors (Lipinski definition) is 2. The van der Waals surface area contributed by atoms with E-state index in [0.29, 0.717) is 12.5 Å². The molecule has 3 nitrogen and oxygen atoms in total. The molecule has 0 unspecified atom stereocenters. The van der Waals surface area contributed by atoms with Gasteiger partial charge >= 0.3 is 0 Å². The molecular weight excluding hydrogens is 289 g/mol. The third-order valence-corrected chi connectivity index (χ3v) is 4.14. The van der Waals surface area contributed by atoms with E-state index >= 15 is 0 Å². The second-order valence-electron chi connectivity index (χ2n) is 6.02. The summed E-state index contributed by atoms with van der Waals surface area (Å²) in [7, 11) is 0. The van der Waals surface area contributed by atoms with E-state index in [1.165, 1.54) is 18.9 Å². The van der Waals surface area contributed by atoms with Crippen molar-refractivity contribution >= 4 is 5.69 Å². The van der Waals surface area contributed by atoms with Crippen LogP contribution in [0.15, 0.2) is 54.7 Å². The molecule has 0 amide bonds. The Morgan fingerprint density at radius 1 is 1.13 bits per heavy atom. The van der Waals surface area contributed by atoms with Crippen LogP contribution in [0.2, 0.25) is 0 Å². The largest absolute Gasteiger partial charge is 0.381 e. The van der Waals surface area contributed by atoms with E-state index in [-0.39, 0.29) is 5.82 Å². The summed E-state index contributed by atoms with van der Waals surface area (Å²) in [6.07, 6.45) is 4.40. The highest BCUT2D eigenvalue weighted by Gasteiger charge is 2.26. The Bertz CT molecular complexity index is 803. The number of imidazole rings is 1. The second kappa shape index (κ2) is 5.88. The fraction of sp³-hybridized carbons (Fsp3) is 0.211. The van der Waals surface area contributed by atoms with Gasteiger partial charge in [-0.15, -0.1) is 0 Å². The average Bonchev–Trinajstić information content (AvgIpc) is 3.31. The summed E-state index contributed by atoms with van der Waals surface area (Å²) in [6.45, 7) is 0.604. The predicted molar refractivity (Wildman–Crippen MR) is 89.7 cm³/mol. The lowest BCUT2D eigenvalue weighted by Gasteiger charge is -2.07. The van der Waals surface area contributed by atoms with Crippen molar-refractivity contribution in [2.24, 2.45) is 0 Å². The summed E-state index contributed by atoms with van der Waals surface area (Å²) in [5.74, 6) is 1.54. The molecule has 2 N–H and O–H groups in total. The first-order chi connectivity index (χ1) is 11.3. The van der Waals surface area contributed by atoms with Gasteiger partial charge in [-0.05, 0) is 48.2 Å². The molecule has 3 aromatic rings. The maximum atomic E-state index is 13.2. The van der Waals surface area contributed by atoms with E-state index in [2.05, 4.69) is 27.4 Å². The minimum atomic E-state index is -0.203. The third-order valence-electron chi connectivity index (χ3n) is 4.14. The van der Waals surface area contributed by atoms with Crippen LogP contribution in [0.5, 0.6) is 0 Å². The third kappa shape index (κ3) is 3.26. The van der Waals surface area contributed by atoms with Crippen molar-refractivity contribution in [2.45, 2.75) is 25.3 Å². The van der Waals surface area contributed by atoms with Crippen molar-refractivity contribution in [1.29, 1.82) is 0 Å². The number of H-pyrrole nitrogens is 1. The Hall–Kier alpha value is -2.62. The van der Waals surface area contributed by atoms with E-state index in [1.807, 2.05) is 24.4 Å². The predicted octanol–water partition coefficient (Wildman–Crippen LogP) is 4.71. The van der Waals surface area contributed by atoms with Crippen LogP contribution in [0.25, 0.3) is 11.3 Å². The SMILES string of the molecule is Fc1cccc(CNc2ccc(-c3cnc(C4CC4)[nH]3)cc2)c1. The van der Waals surface area contributed by atoms with E-state index in [4.69, 9.17) is 0 Å². The minimum Gasteiger partial charge on any atom is -0.381 e. The minimum absolute atomic E-state index is 0.203. The lowest BCUT2D eigenvalue weighted by Crippen LogP contribution is -1.99. The molecule has 1 aliphatic rings. The van der Waals surface area contributed by atoms with Crippen LogP contribution >= 0.6 is 0 Å². The molecular formula is C19H18FN3. The number of aromatic amines is 1. The Labute approximate surface area is 134 Å². The van der Waals surface area contributed by atoms with Crippen LogP contribution in [0, 0.1) is 5.82 Å². The topological polar surface area (TPSA) is 40.7 Å². The van der Waals surface area contributed by atoms with Crippen LogP contribution in [0.4, 0.5) is 10.1 Å². The van der Waals surface area contributed by atoms with Crippen LogP contribution in [-0.2, 0) is 6.54 Å². The molecule has 23 heavy (non-hydrogen) atoms. The zero-order valence-electron chi connectivity index (χ0n) is 12.7. The van der Waals surface area contributed by atoms with Gasteiger partial charge in [0.1, 0.15) is 11.6 Å². The monoisotopic (exact) mass is 307 g/mol. The number of halogens is 1. The Morgan fingerprint density at radius 3 is 2.70 bits per heavy atom. The van der Waals surface area contributed by atoms with Gasteiger partial charge < -0.3 is 10.3 Å². The van der Waals surface area contributed by atoms with Crippen molar-refractivity contribution in [3.63, 3.8) is 0 Å². The number of nitrogens with one attached hydrogen (secondary N) is 2. The number of aromatic nitrogens is 2. The van der Waals surface area contributed by atoms with Crippen molar-refractivity contribution in [3.8, 4) is 11.3 Å². The molecule has 0 atom stereocenters. The highest BCUT2D eigenvalue weighted by molar-refractivity contribution is 5.62. The molecule has 0 radical (unpaired) electrons. The van der Waals surface area contributed by atoms with Crippen molar-refractivity contribution in [3.05, 3.63) is 71.9 Å². The molecule has 1 saturated carbocycles. The first-order valence-corrected chi connectivity index (χ1v) is 7.91. The molecule has 1 heterocycles. The van der Waals surface area contributed by atoms with E-state index in [1.54, 1.807) is 12.1 Å². The zero-order chi connectivity index (χ0) is 15.6. The van der Waals surface area contributed by atoms with Crippen LogP contribution in [-0.4, -0.2) is 9.97 Å². The number of hydrogen-bond donors (Lipinski definition) is 2. The van der Waals surface area contributed by atoms with Crippen molar-refractivity contribution < 1.29 is 4.39 Å². The van der Waals surface area contributed by atoms with Crippen molar-refractivity contribution in [1.82, 2.24) is 9.97 Å². The van der Waals surface area contributed by atoms with Gasteiger partial charge in [0.05, 0.1) is 11.9 Å². The quantitative estimate of drug-likeness (QED) is 0.717. The van der Waals surface area contributed by atoms with Gasteiger partial charge in [-0.3, -0.25) is 0 Å². The van der Waals surface area contributed by atoms with Crippen LogP contribution in [0.1, 0.15) is 30.1 Å². The van der Waals surface area contributed by atoms with E-state index in [0.717, 1.165) is 28.3 Å². The molecule has 1 aromatic heterocycles. The zero-order valence-corrected chi connectivity index (χ0v) is 12.7. The van der Waals surface area contributed by atoms with Crippen molar-refractivity contribution in [2.75, 3.05) is 5.32 Å². The molecule has 0 spiro atoms. The molecule has 0 bridgehead atoms. The van der Waals surface area contributed by atoms with Gasteiger partial charge in [0.2, 0.25) is 0 Å². The summed E-state index contributed by atoms with van der Waals surface area (Å²) >= 11 is 0. The molecule has 1 aliphatic carbocycles. The second-order valence-corrected chi connectivity index (χ2v) is 6.02. The fourth-order valence-electron chi connectivity index (χ4n) is 2.67. The molecule has 0 aliphatic heterocycles. The Balaban J connectivity index is 1.42. The van der Waals surface area contributed by atoms with Gasteiger partial charge in [0.15, 0.2) is 0 Å². The molecule has 0 saturated heterocycles. The number of benzene rings is 2. The molecule has 4 heteroatoms. The number of nitrogens with zero attached hydrogens (tertiary/aromatic N) is 1. The molecule has 2 aromatic carbocycles. The first-order valence-electron chi connectivity index (χ1n) is 7.91. The van der Waals surface area contributed by atoms with Gasteiger partial charge in [0, 0.05) is 18.2 Å². The maximum absolute atomic E-state index is 13.2. The maximum Gasteiger partial charge on any atom is 0.123 e. The Kier molecular flexibility index (Phi) is 3.58. The fourth-order valence-corrected chi connectivity index (χ4v) is 2.67.